The maximum Gasteiger partial charge on any atom is 0.338 e. The second-order valence-corrected chi connectivity index (χ2v) is 9.71. The molecule has 2 aliphatic heterocycles. The molecular weight excluding hydrogens is 520 g/mol. The van der Waals surface area contributed by atoms with Crippen molar-refractivity contribution in [1.29, 1.82) is 0 Å². The Morgan fingerprint density at radius 2 is 1.77 bits per heavy atom. The molecule has 1 amide bonds. The SMILES string of the molecule is CCOC(=O)C1=C(c2ccccc2)N=C2SC=C(CC(=O)NCc3ccc(F)cc3)N2C1c1cccc(F)c1. The smallest absolute Gasteiger partial charge is 0.338 e. The van der Waals surface area contributed by atoms with E-state index in [0.29, 0.717) is 22.1 Å². The zero-order chi connectivity index (χ0) is 27.4. The predicted octanol–water partition coefficient (Wildman–Crippen LogP) is 5.95. The van der Waals surface area contributed by atoms with E-state index in [9.17, 15) is 18.4 Å². The third-order valence-electron chi connectivity index (χ3n) is 6.26. The monoisotopic (exact) mass is 545 g/mol. The van der Waals surface area contributed by atoms with Gasteiger partial charge in [-0.15, -0.1) is 0 Å². The van der Waals surface area contributed by atoms with Gasteiger partial charge in [0, 0.05) is 17.8 Å². The van der Waals surface area contributed by atoms with Crippen LogP contribution in [-0.4, -0.2) is 28.6 Å². The van der Waals surface area contributed by atoms with Crippen LogP contribution < -0.4 is 5.32 Å². The van der Waals surface area contributed by atoms with Crippen molar-refractivity contribution < 1.29 is 23.1 Å². The number of amidine groups is 1. The Kier molecular flexibility index (Phi) is 7.88. The van der Waals surface area contributed by atoms with Crippen molar-refractivity contribution in [1.82, 2.24) is 10.2 Å². The zero-order valence-corrected chi connectivity index (χ0v) is 21.9. The van der Waals surface area contributed by atoms with Crippen molar-refractivity contribution in [3.05, 3.63) is 124 Å². The maximum absolute atomic E-state index is 14.5. The molecule has 0 aliphatic carbocycles. The van der Waals surface area contributed by atoms with Gasteiger partial charge < -0.3 is 15.0 Å². The first-order valence-corrected chi connectivity index (χ1v) is 13.3. The summed E-state index contributed by atoms with van der Waals surface area (Å²) < 4.78 is 33.1. The van der Waals surface area contributed by atoms with Gasteiger partial charge in [-0.3, -0.25) is 4.79 Å². The lowest BCUT2D eigenvalue weighted by atomic mass is 9.91. The summed E-state index contributed by atoms with van der Waals surface area (Å²) in [5, 5.41) is 5.24. The summed E-state index contributed by atoms with van der Waals surface area (Å²) in [6.45, 7) is 2.11. The van der Waals surface area contributed by atoms with Gasteiger partial charge in [0.2, 0.25) is 5.91 Å². The van der Waals surface area contributed by atoms with Crippen LogP contribution in [-0.2, 0) is 20.9 Å². The topological polar surface area (TPSA) is 71.0 Å². The Morgan fingerprint density at radius 1 is 1.00 bits per heavy atom. The van der Waals surface area contributed by atoms with Gasteiger partial charge in [-0.2, -0.15) is 0 Å². The molecule has 0 spiro atoms. The van der Waals surface area contributed by atoms with E-state index in [1.807, 2.05) is 35.7 Å². The molecule has 1 atom stereocenters. The largest absolute Gasteiger partial charge is 0.463 e. The third-order valence-corrected chi connectivity index (χ3v) is 7.15. The maximum atomic E-state index is 14.5. The van der Waals surface area contributed by atoms with E-state index in [1.165, 1.54) is 36.0 Å². The van der Waals surface area contributed by atoms with E-state index in [2.05, 4.69) is 5.32 Å². The second kappa shape index (κ2) is 11.7. The van der Waals surface area contributed by atoms with Crippen LogP contribution in [0.15, 0.2) is 101 Å². The second-order valence-electron chi connectivity index (χ2n) is 8.88. The quantitative estimate of drug-likeness (QED) is 0.355. The van der Waals surface area contributed by atoms with E-state index in [0.717, 1.165) is 11.1 Å². The highest BCUT2D eigenvalue weighted by Gasteiger charge is 2.42. The number of thioether (sulfide) groups is 1. The minimum absolute atomic E-state index is 0.00416. The van der Waals surface area contributed by atoms with Crippen LogP contribution in [0.1, 0.15) is 36.1 Å². The molecule has 0 saturated heterocycles. The van der Waals surface area contributed by atoms with Crippen molar-refractivity contribution in [3.8, 4) is 0 Å². The Hall–Kier alpha value is -4.24. The van der Waals surface area contributed by atoms with Crippen molar-refractivity contribution in [2.24, 2.45) is 4.99 Å². The third kappa shape index (κ3) is 5.78. The number of amides is 1. The highest BCUT2D eigenvalue weighted by molar-refractivity contribution is 8.16. The number of fused-ring (bicyclic) bond motifs is 1. The van der Waals surface area contributed by atoms with Gasteiger partial charge in [0.1, 0.15) is 11.6 Å². The number of benzene rings is 3. The van der Waals surface area contributed by atoms with Gasteiger partial charge in [-0.05, 0) is 47.7 Å². The molecule has 1 N–H and O–H groups in total. The highest BCUT2D eigenvalue weighted by atomic mass is 32.2. The fourth-order valence-corrected chi connectivity index (χ4v) is 5.43. The van der Waals surface area contributed by atoms with Gasteiger partial charge in [0.05, 0.1) is 30.3 Å². The predicted molar refractivity (Wildman–Crippen MR) is 147 cm³/mol. The van der Waals surface area contributed by atoms with Crippen LogP contribution in [0.5, 0.6) is 0 Å². The number of hydrogen-bond acceptors (Lipinski definition) is 6. The van der Waals surface area contributed by atoms with Gasteiger partial charge in [-0.25, -0.2) is 18.6 Å². The Morgan fingerprint density at radius 3 is 2.49 bits per heavy atom. The molecule has 0 aromatic heterocycles. The molecule has 2 aliphatic rings. The van der Waals surface area contributed by atoms with E-state index in [4.69, 9.17) is 9.73 Å². The van der Waals surface area contributed by atoms with Gasteiger partial charge in [-0.1, -0.05) is 66.4 Å². The van der Waals surface area contributed by atoms with Gasteiger partial charge >= 0.3 is 5.97 Å². The number of hydrogen-bond donors (Lipinski definition) is 1. The number of rotatable bonds is 8. The molecular formula is C30H25F2N3O3S. The Balaban J connectivity index is 1.51. The average molecular weight is 546 g/mol. The van der Waals surface area contributed by atoms with Crippen LogP contribution in [0.25, 0.3) is 5.70 Å². The Labute approximate surface area is 229 Å². The summed E-state index contributed by atoms with van der Waals surface area (Å²) in [5.74, 6) is -1.62. The first kappa shape index (κ1) is 26.4. The summed E-state index contributed by atoms with van der Waals surface area (Å²) in [6.07, 6.45) is -0.00416. The molecule has 39 heavy (non-hydrogen) atoms. The molecule has 2 heterocycles. The molecule has 0 bridgehead atoms. The minimum atomic E-state index is -0.770. The molecule has 3 aromatic rings. The normalized spacial score (nSPS) is 16.4. The van der Waals surface area contributed by atoms with E-state index >= 15 is 0 Å². The number of halogens is 2. The first-order valence-electron chi connectivity index (χ1n) is 12.4. The van der Waals surface area contributed by atoms with Crippen molar-refractivity contribution >= 4 is 34.5 Å². The molecule has 9 heteroatoms. The van der Waals surface area contributed by atoms with E-state index in [-0.39, 0.29) is 36.9 Å². The molecule has 198 valence electrons. The molecule has 5 rings (SSSR count). The zero-order valence-electron chi connectivity index (χ0n) is 21.1. The van der Waals surface area contributed by atoms with E-state index < -0.39 is 17.8 Å². The fraction of sp³-hybridized carbons (Fsp3) is 0.167. The molecule has 6 nitrogen and oxygen atoms in total. The molecule has 3 aromatic carbocycles. The Bertz CT molecular complexity index is 1490. The number of nitrogens with zero attached hydrogens (tertiary/aromatic N) is 2. The van der Waals surface area contributed by atoms with Crippen LogP contribution >= 0.6 is 11.8 Å². The molecule has 0 radical (unpaired) electrons. The standard InChI is InChI=1S/C30H25F2N3O3S/c1-2-38-29(37)26-27(20-7-4-3-5-8-20)34-30-35(28(26)21-9-6-10-23(32)15-21)24(18-39-30)16-25(36)33-17-19-11-13-22(31)14-12-19/h3-15,18,28H,2,16-17H2,1H3,(H,33,36). The average Bonchev–Trinajstić information content (AvgIpc) is 3.34. The summed E-state index contributed by atoms with van der Waals surface area (Å²) in [6, 6.07) is 20.5. The molecule has 0 saturated carbocycles. The summed E-state index contributed by atoms with van der Waals surface area (Å²) in [4.78, 5) is 33.0. The highest BCUT2D eigenvalue weighted by Crippen LogP contribution is 2.47. The lowest BCUT2D eigenvalue weighted by Gasteiger charge is -2.36. The minimum Gasteiger partial charge on any atom is -0.463 e. The summed E-state index contributed by atoms with van der Waals surface area (Å²) in [5.41, 5.74) is 3.32. The van der Waals surface area contributed by atoms with Crippen LogP contribution in [0.2, 0.25) is 0 Å². The lowest BCUT2D eigenvalue weighted by Crippen LogP contribution is -2.38. The fourth-order valence-electron chi connectivity index (χ4n) is 4.51. The number of nitrogens with one attached hydrogen (secondary N) is 1. The van der Waals surface area contributed by atoms with Crippen molar-refractivity contribution in [2.75, 3.05) is 6.61 Å². The molecule has 0 fully saturated rings. The lowest BCUT2D eigenvalue weighted by molar-refractivity contribution is -0.139. The van der Waals surface area contributed by atoms with E-state index in [1.54, 1.807) is 36.1 Å². The summed E-state index contributed by atoms with van der Waals surface area (Å²) >= 11 is 1.33. The number of ether oxygens (including phenoxy) is 1. The number of aliphatic imine (C=N–C) groups is 1. The van der Waals surface area contributed by atoms with Crippen molar-refractivity contribution in [3.63, 3.8) is 0 Å². The van der Waals surface area contributed by atoms with Crippen LogP contribution in [0, 0.1) is 11.6 Å². The molecule has 1 unspecified atom stereocenters. The number of esters is 1. The van der Waals surface area contributed by atoms with Gasteiger partial charge in [0.25, 0.3) is 0 Å². The number of carbonyl (C=O) groups excluding carboxylic acids is 2. The summed E-state index contributed by atoms with van der Waals surface area (Å²) in [7, 11) is 0. The van der Waals surface area contributed by atoms with Crippen LogP contribution in [0.4, 0.5) is 8.78 Å². The van der Waals surface area contributed by atoms with Crippen molar-refractivity contribution in [2.45, 2.75) is 25.9 Å². The van der Waals surface area contributed by atoms with Crippen LogP contribution in [0.3, 0.4) is 0 Å². The van der Waals surface area contributed by atoms with Gasteiger partial charge in [0.15, 0.2) is 5.17 Å². The first-order chi connectivity index (χ1) is 18.9. The number of carbonyl (C=O) groups is 2.